The smallest absolute Gasteiger partial charge is 0.410 e. The Morgan fingerprint density at radius 1 is 1.00 bits per heavy atom. The van der Waals surface area contributed by atoms with Gasteiger partial charge in [0.25, 0.3) is 11.8 Å². The number of ether oxygens (including phenoxy) is 1. The first kappa shape index (κ1) is 21.8. The van der Waals surface area contributed by atoms with Crippen LogP contribution in [0.2, 0.25) is 0 Å². The maximum Gasteiger partial charge on any atom is 0.410 e. The van der Waals surface area contributed by atoms with Crippen molar-refractivity contribution in [3.63, 3.8) is 0 Å². The fourth-order valence-corrected chi connectivity index (χ4v) is 4.13. The van der Waals surface area contributed by atoms with Gasteiger partial charge in [0.1, 0.15) is 11.6 Å². The van der Waals surface area contributed by atoms with Gasteiger partial charge in [-0.25, -0.2) is 4.79 Å². The minimum atomic E-state index is -0.985. The van der Waals surface area contributed by atoms with Crippen molar-refractivity contribution in [1.29, 1.82) is 0 Å². The molecular formula is C22H26N4O6. The monoisotopic (exact) mass is 442 g/mol. The maximum absolute atomic E-state index is 13.0. The molecular weight excluding hydrogens is 416 g/mol. The van der Waals surface area contributed by atoms with Crippen molar-refractivity contribution in [1.82, 2.24) is 15.1 Å². The summed E-state index contributed by atoms with van der Waals surface area (Å²) in [6, 6.07) is 4.03. The molecule has 0 aromatic heterocycles. The number of carbonyl (C=O) groups is 5. The fraction of sp³-hybridized carbons (Fsp3) is 0.500. The third-order valence-electron chi connectivity index (χ3n) is 5.72. The van der Waals surface area contributed by atoms with Gasteiger partial charge in [0, 0.05) is 38.3 Å². The van der Waals surface area contributed by atoms with E-state index in [0.717, 1.165) is 10.6 Å². The number of benzene rings is 1. The molecule has 2 fully saturated rings. The Morgan fingerprint density at radius 2 is 1.66 bits per heavy atom. The van der Waals surface area contributed by atoms with Crippen molar-refractivity contribution < 1.29 is 28.7 Å². The van der Waals surface area contributed by atoms with Crippen LogP contribution in [0.3, 0.4) is 0 Å². The second-order valence-corrected chi connectivity index (χ2v) is 9.13. The molecule has 0 saturated carbocycles. The molecule has 170 valence electrons. The van der Waals surface area contributed by atoms with Crippen LogP contribution in [0, 0.1) is 0 Å². The lowest BCUT2D eigenvalue weighted by atomic mass is 10.0. The van der Waals surface area contributed by atoms with Gasteiger partial charge < -0.3 is 14.5 Å². The zero-order valence-corrected chi connectivity index (χ0v) is 18.3. The SMILES string of the molecule is CC(C)(C)OC(=O)N1CCN(c2ccc3c(c2)C(=O)N(C2CCC(=O)NC2=O)C3=O)CC1. The van der Waals surface area contributed by atoms with E-state index in [1.165, 1.54) is 0 Å². The summed E-state index contributed by atoms with van der Waals surface area (Å²) >= 11 is 0. The molecule has 3 aliphatic rings. The molecule has 2 saturated heterocycles. The van der Waals surface area contributed by atoms with Crippen molar-refractivity contribution in [2.45, 2.75) is 45.3 Å². The van der Waals surface area contributed by atoms with Gasteiger partial charge in [0.2, 0.25) is 11.8 Å². The second-order valence-electron chi connectivity index (χ2n) is 9.13. The van der Waals surface area contributed by atoms with Crippen LogP contribution in [-0.2, 0) is 14.3 Å². The molecule has 32 heavy (non-hydrogen) atoms. The number of piperazine rings is 1. The second kappa shape index (κ2) is 7.92. The minimum Gasteiger partial charge on any atom is -0.444 e. The number of piperidine rings is 1. The average molecular weight is 442 g/mol. The molecule has 10 nitrogen and oxygen atoms in total. The normalized spacial score (nSPS) is 21.6. The molecule has 0 bridgehead atoms. The van der Waals surface area contributed by atoms with E-state index in [9.17, 15) is 24.0 Å². The Bertz CT molecular complexity index is 1010. The molecule has 1 aromatic carbocycles. The Hall–Kier alpha value is -3.43. The van der Waals surface area contributed by atoms with Crippen molar-refractivity contribution in [2.75, 3.05) is 31.1 Å². The topological polar surface area (TPSA) is 116 Å². The first-order valence-electron chi connectivity index (χ1n) is 10.6. The highest BCUT2D eigenvalue weighted by Crippen LogP contribution is 2.31. The van der Waals surface area contributed by atoms with E-state index >= 15 is 0 Å². The number of anilines is 1. The number of amides is 5. The van der Waals surface area contributed by atoms with E-state index in [1.54, 1.807) is 23.1 Å². The number of nitrogens with one attached hydrogen (secondary N) is 1. The predicted molar refractivity (Wildman–Crippen MR) is 113 cm³/mol. The number of hydrogen-bond donors (Lipinski definition) is 1. The van der Waals surface area contributed by atoms with Gasteiger partial charge in [0.05, 0.1) is 11.1 Å². The number of rotatable bonds is 2. The Kier molecular flexibility index (Phi) is 5.39. The Morgan fingerprint density at radius 3 is 2.28 bits per heavy atom. The highest BCUT2D eigenvalue weighted by Gasteiger charge is 2.44. The molecule has 10 heteroatoms. The number of imide groups is 2. The van der Waals surface area contributed by atoms with E-state index < -0.39 is 35.3 Å². The molecule has 4 rings (SSSR count). The largest absolute Gasteiger partial charge is 0.444 e. The van der Waals surface area contributed by atoms with Gasteiger partial charge in [-0.15, -0.1) is 0 Å². The maximum atomic E-state index is 13.0. The van der Waals surface area contributed by atoms with Crippen LogP contribution < -0.4 is 10.2 Å². The third kappa shape index (κ3) is 4.04. The summed E-state index contributed by atoms with van der Waals surface area (Å²) < 4.78 is 5.42. The molecule has 0 aliphatic carbocycles. The van der Waals surface area contributed by atoms with Gasteiger partial charge in [-0.2, -0.15) is 0 Å². The quantitative estimate of drug-likeness (QED) is 0.683. The molecule has 5 amide bonds. The molecule has 1 aromatic rings. The zero-order chi connectivity index (χ0) is 23.2. The molecule has 1 N–H and O–H groups in total. The molecule has 1 unspecified atom stereocenters. The average Bonchev–Trinajstić information content (AvgIpc) is 2.97. The summed E-state index contributed by atoms with van der Waals surface area (Å²) in [5.41, 5.74) is 0.691. The summed E-state index contributed by atoms with van der Waals surface area (Å²) in [7, 11) is 0. The summed E-state index contributed by atoms with van der Waals surface area (Å²) in [4.78, 5) is 66.3. The summed E-state index contributed by atoms with van der Waals surface area (Å²) in [6.07, 6.45) is -0.154. The predicted octanol–water partition coefficient (Wildman–Crippen LogP) is 1.14. The standard InChI is InChI=1S/C22H26N4O6/c1-22(2,3)32-21(31)25-10-8-24(9-11-25)13-4-5-14-15(12-13)20(30)26(19(14)29)16-6-7-17(27)23-18(16)28/h4-5,12,16H,6-11H2,1-3H3,(H,23,27,28). The summed E-state index contributed by atoms with van der Waals surface area (Å²) in [5, 5.41) is 2.19. The van der Waals surface area contributed by atoms with Gasteiger partial charge >= 0.3 is 6.09 Å². The van der Waals surface area contributed by atoms with Crippen LogP contribution >= 0.6 is 0 Å². The number of hydrogen-bond acceptors (Lipinski definition) is 7. The Balaban J connectivity index is 1.46. The summed E-state index contributed by atoms with van der Waals surface area (Å²) in [6.45, 7) is 7.52. The van der Waals surface area contributed by atoms with E-state index in [-0.39, 0.29) is 30.1 Å². The lowest BCUT2D eigenvalue weighted by molar-refractivity contribution is -0.136. The van der Waals surface area contributed by atoms with Crippen LogP contribution in [0.4, 0.5) is 10.5 Å². The highest BCUT2D eigenvalue weighted by atomic mass is 16.6. The van der Waals surface area contributed by atoms with E-state index in [4.69, 9.17) is 4.74 Å². The van der Waals surface area contributed by atoms with Crippen LogP contribution in [0.15, 0.2) is 18.2 Å². The highest BCUT2D eigenvalue weighted by molar-refractivity contribution is 6.23. The van der Waals surface area contributed by atoms with Crippen LogP contribution in [0.5, 0.6) is 0 Å². The van der Waals surface area contributed by atoms with E-state index in [0.29, 0.717) is 26.2 Å². The first-order chi connectivity index (χ1) is 15.0. The Labute approximate surface area is 185 Å². The van der Waals surface area contributed by atoms with E-state index in [1.807, 2.05) is 25.7 Å². The number of fused-ring (bicyclic) bond motifs is 1. The van der Waals surface area contributed by atoms with Crippen LogP contribution in [0.25, 0.3) is 0 Å². The lowest BCUT2D eigenvalue weighted by Crippen LogP contribution is -2.54. The number of carbonyl (C=O) groups excluding carboxylic acids is 5. The number of nitrogens with zero attached hydrogens (tertiary/aromatic N) is 3. The van der Waals surface area contributed by atoms with Gasteiger partial charge in [-0.1, -0.05) is 0 Å². The van der Waals surface area contributed by atoms with Gasteiger partial charge in [-0.3, -0.25) is 29.4 Å². The van der Waals surface area contributed by atoms with Crippen molar-refractivity contribution in [2.24, 2.45) is 0 Å². The first-order valence-corrected chi connectivity index (χ1v) is 10.6. The molecule has 1 atom stereocenters. The summed E-state index contributed by atoms with van der Waals surface area (Å²) in [5.74, 6) is -2.10. The fourth-order valence-electron chi connectivity index (χ4n) is 4.13. The van der Waals surface area contributed by atoms with E-state index in [2.05, 4.69) is 5.32 Å². The third-order valence-corrected chi connectivity index (χ3v) is 5.72. The van der Waals surface area contributed by atoms with Gasteiger partial charge in [-0.05, 0) is 45.4 Å². The van der Waals surface area contributed by atoms with Gasteiger partial charge in [0.15, 0.2) is 0 Å². The molecule has 0 radical (unpaired) electrons. The minimum absolute atomic E-state index is 0.0803. The van der Waals surface area contributed by atoms with Crippen LogP contribution in [-0.4, -0.2) is 77.3 Å². The van der Waals surface area contributed by atoms with Crippen LogP contribution in [0.1, 0.15) is 54.3 Å². The lowest BCUT2D eigenvalue weighted by Gasteiger charge is -2.36. The van der Waals surface area contributed by atoms with Crippen molar-refractivity contribution in [3.05, 3.63) is 29.3 Å². The van der Waals surface area contributed by atoms with Crippen molar-refractivity contribution in [3.8, 4) is 0 Å². The van der Waals surface area contributed by atoms with Crippen molar-refractivity contribution >= 4 is 35.4 Å². The molecule has 3 heterocycles. The molecule has 0 spiro atoms. The zero-order valence-electron chi connectivity index (χ0n) is 18.3. The molecule has 3 aliphatic heterocycles.